The van der Waals surface area contributed by atoms with Crippen LogP contribution < -0.4 is 15.4 Å². The Labute approximate surface area is 156 Å². The Kier molecular flexibility index (Phi) is 5.71. The summed E-state index contributed by atoms with van der Waals surface area (Å²) in [6.45, 7) is 0.0991. The first-order chi connectivity index (χ1) is 13.0. The number of ether oxygens (including phenoxy) is 1. The molecule has 0 fully saturated rings. The summed E-state index contributed by atoms with van der Waals surface area (Å²) in [7, 11) is 0. The van der Waals surface area contributed by atoms with Crippen LogP contribution in [0, 0.1) is 0 Å². The second-order valence-corrected chi connectivity index (χ2v) is 6.25. The molecule has 0 saturated heterocycles. The molecule has 0 aromatic heterocycles. The minimum atomic E-state index is -1.02. The molecule has 0 unspecified atom stereocenters. The van der Waals surface area contributed by atoms with Gasteiger partial charge in [0.2, 0.25) is 5.91 Å². The first-order valence-corrected chi connectivity index (χ1v) is 8.66. The Morgan fingerprint density at radius 2 is 1.89 bits per heavy atom. The van der Waals surface area contributed by atoms with Gasteiger partial charge in [-0.3, -0.25) is 9.59 Å². The highest BCUT2D eigenvalue weighted by atomic mass is 16.5. The van der Waals surface area contributed by atoms with Crippen molar-refractivity contribution in [3.63, 3.8) is 0 Å². The Morgan fingerprint density at radius 1 is 1.11 bits per heavy atom. The number of carbonyl (C=O) groups excluding carboxylic acids is 2. The van der Waals surface area contributed by atoms with Crippen molar-refractivity contribution in [1.29, 1.82) is 0 Å². The maximum Gasteiger partial charge on any atom is 0.341 e. The summed E-state index contributed by atoms with van der Waals surface area (Å²) in [5, 5.41) is 14.3. The SMILES string of the molecule is O=C(O)COc1ccc(CCNC(=O)c2ccc3c(c2)CCC(=O)N3)cc1. The molecule has 140 valence electrons. The van der Waals surface area contributed by atoms with E-state index in [1.807, 2.05) is 18.2 Å². The van der Waals surface area contributed by atoms with Crippen molar-refractivity contribution in [3.8, 4) is 5.75 Å². The van der Waals surface area contributed by atoms with Crippen molar-refractivity contribution >= 4 is 23.5 Å². The van der Waals surface area contributed by atoms with E-state index in [1.165, 1.54) is 0 Å². The Balaban J connectivity index is 1.49. The molecule has 3 N–H and O–H groups in total. The van der Waals surface area contributed by atoms with Crippen LogP contribution in [0.25, 0.3) is 0 Å². The molecule has 0 saturated carbocycles. The van der Waals surface area contributed by atoms with Crippen molar-refractivity contribution < 1.29 is 24.2 Å². The maximum absolute atomic E-state index is 12.3. The smallest absolute Gasteiger partial charge is 0.341 e. The van der Waals surface area contributed by atoms with E-state index in [9.17, 15) is 14.4 Å². The highest BCUT2D eigenvalue weighted by Gasteiger charge is 2.16. The number of carboxylic acid groups (broad SMARTS) is 1. The fraction of sp³-hybridized carbons (Fsp3) is 0.250. The summed E-state index contributed by atoms with van der Waals surface area (Å²) in [5.41, 5.74) is 3.32. The van der Waals surface area contributed by atoms with Gasteiger partial charge in [-0.05, 0) is 54.3 Å². The van der Waals surface area contributed by atoms with Gasteiger partial charge >= 0.3 is 5.97 Å². The number of hydrogen-bond donors (Lipinski definition) is 3. The number of rotatable bonds is 7. The summed E-state index contributed by atoms with van der Waals surface area (Å²) in [6, 6.07) is 12.4. The zero-order chi connectivity index (χ0) is 19.2. The van der Waals surface area contributed by atoms with Crippen LogP contribution in [0.2, 0.25) is 0 Å². The molecule has 0 spiro atoms. The van der Waals surface area contributed by atoms with Crippen molar-refractivity contribution in [1.82, 2.24) is 5.32 Å². The molecule has 1 aliphatic rings. The summed E-state index contributed by atoms with van der Waals surface area (Å²) in [6.07, 6.45) is 1.72. The monoisotopic (exact) mass is 368 g/mol. The third-order valence-electron chi connectivity index (χ3n) is 4.25. The summed E-state index contributed by atoms with van der Waals surface area (Å²) in [5.74, 6) is -0.687. The van der Waals surface area contributed by atoms with Gasteiger partial charge in [0, 0.05) is 24.2 Å². The van der Waals surface area contributed by atoms with Crippen LogP contribution in [0.5, 0.6) is 5.75 Å². The molecule has 2 aromatic carbocycles. The molecule has 1 heterocycles. The molecule has 0 aliphatic carbocycles. The third-order valence-corrected chi connectivity index (χ3v) is 4.25. The van der Waals surface area contributed by atoms with Crippen molar-refractivity contribution in [2.45, 2.75) is 19.3 Å². The van der Waals surface area contributed by atoms with E-state index in [2.05, 4.69) is 10.6 Å². The zero-order valence-corrected chi connectivity index (χ0v) is 14.7. The predicted molar refractivity (Wildman–Crippen MR) is 99.0 cm³/mol. The van der Waals surface area contributed by atoms with E-state index < -0.39 is 5.97 Å². The maximum atomic E-state index is 12.3. The van der Waals surface area contributed by atoms with Crippen LogP contribution in [0.15, 0.2) is 42.5 Å². The number of benzene rings is 2. The highest BCUT2D eigenvalue weighted by molar-refractivity contribution is 5.97. The standard InChI is InChI=1S/C20H20N2O5/c23-18-8-4-14-11-15(3-7-17(14)22-18)20(26)21-10-9-13-1-5-16(6-2-13)27-12-19(24)25/h1-3,5-7,11H,4,8-10,12H2,(H,21,26)(H,22,23)(H,24,25). The number of aryl methyl sites for hydroxylation is 1. The van der Waals surface area contributed by atoms with E-state index in [0.29, 0.717) is 37.1 Å². The third kappa shape index (κ3) is 5.07. The van der Waals surface area contributed by atoms with Crippen molar-refractivity contribution in [2.75, 3.05) is 18.5 Å². The van der Waals surface area contributed by atoms with Crippen LogP contribution in [0.1, 0.15) is 27.9 Å². The molecule has 0 atom stereocenters. The molecule has 2 aromatic rings. The number of carbonyl (C=O) groups is 3. The van der Waals surface area contributed by atoms with E-state index in [0.717, 1.165) is 16.8 Å². The van der Waals surface area contributed by atoms with Crippen molar-refractivity contribution in [3.05, 3.63) is 59.2 Å². The molecule has 0 bridgehead atoms. The Morgan fingerprint density at radius 3 is 2.63 bits per heavy atom. The van der Waals surface area contributed by atoms with Gasteiger partial charge in [0.25, 0.3) is 5.91 Å². The predicted octanol–water partition coefficient (Wildman–Crippen LogP) is 2.01. The average molecular weight is 368 g/mol. The average Bonchev–Trinajstić information content (AvgIpc) is 2.66. The van der Waals surface area contributed by atoms with Crippen molar-refractivity contribution in [2.24, 2.45) is 0 Å². The zero-order valence-electron chi connectivity index (χ0n) is 14.7. The molecule has 2 amide bonds. The molecule has 7 nitrogen and oxygen atoms in total. The topological polar surface area (TPSA) is 105 Å². The van der Waals surface area contributed by atoms with Gasteiger partial charge in [0.1, 0.15) is 5.75 Å². The van der Waals surface area contributed by atoms with Gasteiger partial charge in [-0.25, -0.2) is 4.79 Å². The summed E-state index contributed by atoms with van der Waals surface area (Å²) < 4.78 is 5.08. The van der Waals surface area contributed by atoms with Gasteiger partial charge in [-0.15, -0.1) is 0 Å². The molecule has 1 aliphatic heterocycles. The lowest BCUT2D eigenvalue weighted by Gasteiger charge is -2.17. The number of anilines is 1. The van der Waals surface area contributed by atoms with E-state index >= 15 is 0 Å². The molecule has 0 radical (unpaired) electrons. The number of aliphatic carboxylic acids is 1. The number of amides is 2. The fourth-order valence-electron chi connectivity index (χ4n) is 2.84. The lowest BCUT2D eigenvalue weighted by atomic mass is 10.00. The van der Waals surface area contributed by atoms with Gasteiger partial charge in [-0.1, -0.05) is 12.1 Å². The minimum absolute atomic E-state index is 0.000852. The highest BCUT2D eigenvalue weighted by Crippen LogP contribution is 2.23. The second kappa shape index (κ2) is 8.35. The number of hydrogen-bond acceptors (Lipinski definition) is 4. The summed E-state index contributed by atoms with van der Waals surface area (Å²) >= 11 is 0. The molecule has 7 heteroatoms. The van der Waals surface area contributed by atoms with Crippen LogP contribution in [-0.2, 0) is 22.4 Å². The lowest BCUT2D eigenvalue weighted by Crippen LogP contribution is -2.26. The Bertz CT molecular complexity index is 861. The quantitative estimate of drug-likeness (QED) is 0.693. The largest absolute Gasteiger partial charge is 0.482 e. The van der Waals surface area contributed by atoms with Gasteiger partial charge in [0.05, 0.1) is 0 Å². The first-order valence-electron chi connectivity index (χ1n) is 8.66. The molecule has 27 heavy (non-hydrogen) atoms. The molecular weight excluding hydrogens is 348 g/mol. The van der Waals surface area contributed by atoms with Gasteiger partial charge < -0.3 is 20.5 Å². The fourth-order valence-corrected chi connectivity index (χ4v) is 2.84. The van der Waals surface area contributed by atoms with Crippen LogP contribution in [-0.4, -0.2) is 36.0 Å². The lowest BCUT2D eigenvalue weighted by molar-refractivity contribution is -0.139. The number of carboxylic acids is 1. The number of nitrogens with one attached hydrogen (secondary N) is 2. The summed E-state index contributed by atoms with van der Waals surface area (Å²) in [4.78, 5) is 34.2. The molecular formula is C20H20N2O5. The van der Waals surface area contributed by atoms with Crippen LogP contribution in [0.3, 0.4) is 0 Å². The van der Waals surface area contributed by atoms with Crippen LogP contribution >= 0.6 is 0 Å². The Hall–Kier alpha value is -3.35. The van der Waals surface area contributed by atoms with E-state index in [4.69, 9.17) is 9.84 Å². The van der Waals surface area contributed by atoms with Crippen LogP contribution in [0.4, 0.5) is 5.69 Å². The van der Waals surface area contributed by atoms with E-state index in [-0.39, 0.29) is 18.4 Å². The molecule has 3 rings (SSSR count). The minimum Gasteiger partial charge on any atom is -0.482 e. The van der Waals surface area contributed by atoms with E-state index in [1.54, 1.807) is 24.3 Å². The first kappa shape index (κ1) is 18.4. The normalized spacial score (nSPS) is 12.7. The number of fused-ring (bicyclic) bond motifs is 1. The van der Waals surface area contributed by atoms with Gasteiger partial charge in [-0.2, -0.15) is 0 Å². The second-order valence-electron chi connectivity index (χ2n) is 6.25. The van der Waals surface area contributed by atoms with Gasteiger partial charge in [0.15, 0.2) is 6.61 Å².